The van der Waals surface area contributed by atoms with Gasteiger partial charge < -0.3 is 16.0 Å². The molecular weight excluding hydrogens is 309 g/mol. The van der Waals surface area contributed by atoms with Gasteiger partial charge in [0.25, 0.3) is 5.56 Å². The summed E-state index contributed by atoms with van der Waals surface area (Å²) in [5.41, 5.74) is 3.79. The number of aromatic nitrogens is 4. The van der Waals surface area contributed by atoms with Crippen LogP contribution in [0.1, 0.15) is 5.69 Å². The highest BCUT2D eigenvalue weighted by molar-refractivity contribution is 7.99. The lowest BCUT2D eigenvalue weighted by Crippen LogP contribution is -2.12. The minimum Gasteiger partial charge on any atom is -0.383 e. The van der Waals surface area contributed by atoms with Gasteiger partial charge in [-0.1, -0.05) is 0 Å². The Balaban J connectivity index is 2.41. The average molecular weight is 318 g/mol. The first-order valence-corrected chi connectivity index (χ1v) is 6.28. The summed E-state index contributed by atoms with van der Waals surface area (Å²) in [7, 11) is 1.39. The summed E-state index contributed by atoms with van der Waals surface area (Å²) >= 11 is 0.738. The number of anilines is 2. The van der Waals surface area contributed by atoms with Crippen molar-refractivity contribution in [2.75, 3.05) is 18.1 Å². The minimum atomic E-state index is -4.61. The van der Waals surface area contributed by atoms with Crippen molar-refractivity contribution in [1.29, 1.82) is 0 Å². The summed E-state index contributed by atoms with van der Waals surface area (Å²) in [4.78, 5) is 24.6. The monoisotopic (exact) mass is 318 g/mol. The van der Waals surface area contributed by atoms with Crippen molar-refractivity contribution in [3.63, 3.8) is 0 Å². The lowest BCUT2D eigenvalue weighted by molar-refractivity contribution is -0.141. The second-order valence-electron chi connectivity index (χ2n) is 3.74. The van der Waals surface area contributed by atoms with Gasteiger partial charge in [0.15, 0.2) is 10.9 Å². The van der Waals surface area contributed by atoms with Gasteiger partial charge in [-0.25, -0.2) is 15.0 Å². The summed E-state index contributed by atoms with van der Waals surface area (Å²) < 4.78 is 38.2. The number of nitrogens with zero attached hydrogens (tertiary/aromatic N) is 3. The fourth-order valence-electron chi connectivity index (χ4n) is 1.33. The fraction of sp³-hybridized carbons (Fsp3) is 0.200. The molecule has 112 valence electrons. The smallest absolute Gasteiger partial charge is 0.383 e. The topological polar surface area (TPSA) is 110 Å². The zero-order valence-electron chi connectivity index (χ0n) is 10.5. The lowest BCUT2D eigenvalue weighted by atomic mass is 10.4. The first-order valence-electron chi connectivity index (χ1n) is 5.46. The number of hydrogen-bond donors (Lipinski definition) is 3. The maximum atomic E-state index is 12.7. The number of nitrogen functional groups attached to an aromatic ring is 1. The molecule has 0 saturated heterocycles. The predicted molar refractivity (Wildman–Crippen MR) is 70.0 cm³/mol. The van der Waals surface area contributed by atoms with Crippen LogP contribution >= 0.6 is 11.8 Å². The van der Waals surface area contributed by atoms with Crippen LogP contribution in [0.2, 0.25) is 0 Å². The molecule has 0 fully saturated rings. The van der Waals surface area contributed by atoms with Crippen LogP contribution in [0.4, 0.5) is 24.9 Å². The number of rotatable bonds is 3. The van der Waals surface area contributed by atoms with Gasteiger partial charge in [-0.15, -0.1) is 0 Å². The van der Waals surface area contributed by atoms with Gasteiger partial charge in [0.1, 0.15) is 10.8 Å². The van der Waals surface area contributed by atoms with E-state index < -0.39 is 17.4 Å². The second kappa shape index (κ2) is 5.60. The molecule has 0 atom stereocenters. The molecular formula is C10H9F3N6OS. The Kier molecular flexibility index (Phi) is 4.02. The largest absolute Gasteiger partial charge is 0.433 e. The van der Waals surface area contributed by atoms with Crippen molar-refractivity contribution < 1.29 is 13.2 Å². The molecule has 11 heteroatoms. The van der Waals surface area contributed by atoms with Crippen LogP contribution in [0.25, 0.3) is 0 Å². The first-order chi connectivity index (χ1) is 9.77. The third-order valence-corrected chi connectivity index (χ3v) is 2.96. The Morgan fingerprint density at radius 2 is 2.00 bits per heavy atom. The second-order valence-corrected chi connectivity index (χ2v) is 4.75. The number of hydrogen-bond acceptors (Lipinski definition) is 7. The number of H-pyrrole nitrogens is 1. The molecule has 4 N–H and O–H groups in total. The standard InChI is InChI=1S/C10H9F3N6OS/c1-15-8-16-4(10(11,12)13)2-7(19-8)21-9-17-5(14)3-6(20)18-9/h2-3H,1H3,(H,15,16,19)(H3,14,17,18,20). The van der Waals surface area contributed by atoms with E-state index in [2.05, 4.69) is 25.3 Å². The lowest BCUT2D eigenvalue weighted by Gasteiger charge is -2.09. The third-order valence-electron chi connectivity index (χ3n) is 2.16. The summed E-state index contributed by atoms with van der Waals surface area (Å²) in [5.74, 6) is -0.237. The fourth-order valence-corrected chi connectivity index (χ4v) is 2.14. The molecule has 2 aromatic heterocycles. The van der Waals surface area contributed by atoms with E-state index >= 15 is 0 Å². The summed E-state index contributed by atoms with van der Waals surface area (Å²) in [6.45, 7) is 0. The Morgan fingerprint density at radius 1 is 1.29 bits per heavy atom. The molecule has 0 unspecified atom stereocenters. The van der Waals surface area contributed by atoms with Crippen molar-refractivity contribution >= 4 is 23.5 Å². The van der Waals surface area contributed by atoms with Gasteiger partial charge in [-0.3, -0.25) is 4.79 Å². The van der Waals surface area contributed by atoms with Crippen LogP contribution in [0, 0.1) is 0 Å². The maximum absolute atomic E-state index is 12.7. The number of halogens is 3. The molecule has 21 heavy (non-hydrogen) atoms. The molecule has 0 aliphatic heterocycles. The molecule has 7 nitrogen and oxygen atoms in total. The Bertz CT molecular complexity index is 717. The van der Waals surface area contributed by atoms with Gasteiger partial charge in [0, 0.05) is 19.2 Å². The van der Waals surface area contributed by atoms with Crippen molar-refractivity contribution in [1.82, 2.24) is 19.9 Å². The molecule has 0 bridgehead atoms. The van der Waals surface area contributed by atoms with Crippen LogP contribution in [0.5, 0.6) is 0 Å². The van der Waals surface area contributed by atoms with Crippen molar-refractivity contribution in [2.24, 2.45) is 0 Å². The molecule has 2 rings (SSSR count). The third kappa shape index (κ3) is 3.84. The Morgan fingerprint density at radius 3 is 2.57 bits per heavy atom. The van der Waals surface area contributed by atoms with Gasteiger partial charge in [-0.05, 0) is 11.8 Å². The van der Waals surface area contributed by atoms with Crippen LogP contribution in [-0.4, -0.2) is 27.0 Å². The van der Waals surface area contributed by atoms with Crippen LogP contribution < -0.4 is 16.6 Å². The molecule has 0 radical (unpaired) electrons. The number of nitrogens with one attached hydrogen (secondary N) is 2. The minimum absolute atomic E-state index is 0.0320. The van der Waals surface area contributed by atoms with Crippen LogP contribution in [-0.2, 0) is 6.18 Å². The highest BCUT2D eigenvalue weighted by atomic mass is 32.2. The molecule has 0 spiro atoms. The van der Waals surface area contributed by atoms with Gasteiger partial charge >= 0.3 is 6.18 Å². The molecule has 0 amide bonds. The zero-order chi connectivity index (χ0) is 15.6. The SMILES string of the molecule is CNc1nc(Sc2nc(N)cc(=O)[nH]2)cc(C(F)(F)F)n1. The molecule has 0 aromatic carbocycles. The molecule has 0 saturated carbocycles. The number of alkyl halides is 3. The van der Waals surface area contributed by atoms with E-state index in [0.717, 1.165) is 23.9 Å². The van der Waals surface area contributed by atoms with Crippen molar-refractivity contribution in [2.45, 2.75) is 16.4 Å². The highest BCUT2D eigenvalue weighted by Gasteiger charge is 2.33. The molecule has 0 aliphatic carbocycles. The highest BCUT2D eigenvalue weighted by Crippen LogP contribution is 2.32. The quantitative estimate of drug-likeness (QED) is 0.579. The maximum Gasteiger partial charge on any atom is 0.433 e. The first kappa shape index (κ1) is 15.1. The summed E-state index contributed by atoms with van der Waals surface area (Å²) in [6.07, 6.45) is -4.61. The summed E-state index contributed by atoms with van der Waals surface area (Å²) in [6, 6.07) is 1.82. The van der Waals surface area contributed by atoms with E-state index in [1.807, 2.05) is 0 Å². The Labute approximate surface area is 120 Å². The summed E-state index contributed by atoms with van der Waals surface area (Å²) in [5, 5.41) is 2.44. The number of aromatic amines is 1. The average Bonchev–Trinajstić information content (AvgIpc) is 2.36. The van der Waals surface area contributed by atoms with Crippen molar-refractivity contribution in [3.05, 3.63) is 28.2 Å². The zero-order valence-corrected chi connectivity index (χ0v) is 11.3. The number of nitrogens with two attached hydrogens (primary N) is 1. The van der Waals surface area contributed by atoms with Crippen LogP contribution in [0.3, 0.4) is 0 Å². The predicted octanol–water partition coefficient (Wildman–Crippen LogP) is 1.35. The van der Waals surface area contributed by atoms with E-state index in [0.29, 0.717) is 0 Å². The molecule has 2 aromatic rings. The van der Waals surface area contributed by atoms with E-state index in [-0.39, 0.29) is 21.9 Å². The van der Waals surface area contributed by atoms with Gasteiger partial charge in [0.2, 0.25) is 5.95 Å². The molecule has 0 aliphatic rings. The van der Waals surface area contributed by atoms with E-state index in [9.17, 15) is 18.0 Å². The molecule has 2 heterocycles. The van der Waals surface area contributed by atoms with E-state index in [4.69, 9.17) is 5.73 Å². The Hall–Kier alpha value is -2.30. The van der Waals surface area contributed by atoms with Gasteiger partial charge in [0.05, 0.1) is 0 Å². The van der Waals surface area contributed by atoms with E-state index in [1.165, 1.54) is 7.05 Å². The normalized spacial score (nSPS) is 11.4. The van der Waals surface area contributed by atoms with Crippen molar-refractivity contribution in [3.8, 4) is 0 Å². The van der Waals surface area contributed by atoms with Gasteiger partial charge in [-0.2, -0.15) is 13.2 Å². The van der Waals surface area contributed by atoms with Crippen LogP contribution in [0.15, 0.2) is 27.1 Å². The van der Waals surface area contributed by atoms with E-state index in [1.54, 1.807) is 0 Å².